The second-order valence-electron chi connectivity index (χ2n) is 6.76. The maximum Gasteiger partial charge on any atom is 0.0476 e. The number of nitrogens with one attached hydrogen (secondary N) is 1. The molecule has 0 aromatic rings. The van der Waals surface area contributed by atoms with Crippen LogP contribution in [0, 0.1) is 11.3 Å². The molecule has 1 N–H and O–H groups in total. The normalized spacial score (nSPS) is 28.1. The molecule has 0 aromatic heterocycles. The van der Waals surface area contributed by atoms with E-state index in [1.54, 1.807) is 7.11 Å². The SMILES string of the molecule is COCCC(C)NC1CCC(C(C)(C)C)CC1. The molecule has 0 radical (unpaired) electrons. The Balaban J connectivity index is 2.23. The van der Waals surface area contributed by atoms with Crippen molar-refractivity contribution in [3.63, 3.8) is 0 Å². The Morgan fingerprint density at radius 1 is 1.18 bits per heavy atom. The molecule has 1 unspecified atom stereocenters. The van der Waals surface area contributed by atoms with Gasteiger partial charge in [-0.05, 0) is 50.4 Å². The zero-order valence-corrected chi connectivity index (χ0v) is 12.4. The molecule has 0 spiro atoms. The van der Waals surface area contributed by atoms with Crippen LogP contribution in [0.3, 0.4) is 0 Å². The summed E-state index contributed by atoms with van der Waals surface area (Å²) in [6, 6.07) is 1.33. The molecule has 102 valence electrons. The first-order valence-electron chi connectivity index (χ1n) is 7.18. The standard InChI is InChI=1S/C15H31NO/c1-12(10-11-17-5)16-14-8-6-13(7-9-14)15(2,3)4/h12-14,16H,6-11H2,1-5H3. The summed E-state index contributed by atoms with van der Waals surface area (Å²) in [6.07, 6.45) is 6.59. The summed E-state index contributed by atoms with van der Waals surface area (Å²) in [5.74, 6) is 0.912. The predicted molar refractivity (Wildman–Crippen MR) is 74.3 cm³/mol. The van der Waals surface area contributed by atoms with E-state index in [-0.39, 0.29) is 0 Å². The molecule has 2 nitrogen and oxygen atoms in total. The van der Waals surface area contributed by atoms with Crippen LogP contribution in [0.2, 0.25) is 0 Å². The highest BCUT2D eigenvalue weighted by atomic mass is 16.5. The first kappa shape index (κ1) is 15.0. The molecule has 0 aromatic carbocycles. The minimum Gasteiger partial charge on any atom is -0.385 e. The molecule has 17 heavy (non-hydrogen) atoms. The summed E-state index contributed by atoms with van der Waals surface area (Å²) in [4.78, 5) is 0. The van der Waals surface area contributed by atoms with Crippen molar-refractivity contribution < 1.29 is 4.74 Å². The molecule has 1 aliphatic rings. The molecule has 0 amide bonds. The topological polar surface area (TPSA) is 21.3 Å². The van der Waals surface area contributed by atoms with E-state index in [1.807, 2.05) is 0 Å². The summed E-state index contributed by atoms with van der Waals surface area (Å²) in [5.41, 5.74) is 0.493. The minimum atomic E-state index is 0.493. The highest BCUT2D eigenvalue weighted by Crippen LogP contribution is 2.37. The maximum atomic E-state index is 5.12. The van der Waals surface area contributed by atoms with Crippen LogP contribution < -0.4 is 5.32 Å². The lowest BCUT2D eigenvalue weighted by atomic mass is 9.71. The van der Waals surface area contributed by atoms with Crippen molar-refractivity contribution in [3.8, 4) is 0 Å². The number of hydrogen-bond donors (Lipinski definition) is 1. The van der Waals surface area contributed by atoms with Crippen LogP contribution in [0.15, 0.2) is 0 Å². The van der Waals surface area contributed by atoms with Crippen molar-refractivity contribution >= 4 is 0 Å². The molecule has 1 saturated carbocycles. The van der Waals surface area contributed by atoms with Crippen LogP contribution in [0.4, 0.5) is 0 Å². The molecular formula is C15H31NO. The van der Waals surface area contributed by atoms with Crippen LogP contribution >= 0.6 is 0 Å². The average molecular weight is 241 g/mol. The van der Waals surface area contributed by atoms with Crippen molar-refractivity contribution in [3.05, 3.63) is 0 Å². The van der Waals surface area contributed by atoms with Gasteiger partial charge in [0.2, 0.25) is 0 Å². The second-order valence-corrected chi connectivity index (χ2v) is 6.76. The van der Waals surface area contributed by atoms with Gasteiger partial charge in [-0.2, -0.15) is 0 Å². The van der Waals surface area contributed by atoms with Gasteiger partial charge < -0.3 is 10.1 Å². The molecule has 0 saturated heterocycles. The van der Waals surface area contributed by atoms with E-state index < -0.39 is 0 Å². The zero-order chi connectivity index (χ0) is 12.9. The Kier molecular flexibility index (Phi) is 5.94. The van der Waals surface area contributed by atoms with Crippen molar-refractivity contribution in [2.75, 3.05) is 13.7 Å². The Hall–Kier alpha value is -0.0800. The highest BCUT2D eigenvalue weighted by molar-refractivity contribution is 4.84. The van der Waals surface area contributed by atoms with Crippen molar-refractivity contribution in [1.29, 1.82) is 0 Å². The quantitative estimate of drug-likeness (QED) is 0.794. The number of rotatable bonds is 5. The number of methoxy groups -OCH3 is 1. The lowest BCUT2D eigenvalue weighted by Crippen LogP contribution is -2.41. The average Bonchev–Trinajstić information content (AvgIpc) is 2.26. The summed E-state index contributed by atoms with van der Waals surface area (Å²) >= 11 is 0. The van der Waals surface area contributed by atoms with E-state index in [4.69, 9.17) is 4.74 Å². The van der Waals surface area contributed by atoms with Gasteiger partial charge in [-0.15, -0.1) is 0 Å². The summed E-state index contributed by atoms with van der Waals surface area (Å²) in [5, 5.41) is 3.75. The van der Waals surface area contributed by atoms with E-state index >= 15 is 0 Å². The molecule has 1 rings (SSSR count). The van der Waals surface area contributed by atoms with Gasteiger partial charge in [0.15, 0.2) is 0 Å². The van der Waals surface area contributed by atoms with E-state index in [9.17, 15) is 0 Å². The fraction of sp³-hybridized carbons (Fsp3) is 1.00. The summed E-state index contributed by atoms with van der Waals surface area (Å²) in [6.45, 7) is 10.3. The van der Waals surface area contributed by atoms with Crippen molar-refractivity contribution in [2.45, 2.75) is 71.9 Å². The Labute approximate surface area is 108 Å². The Morgan fingerprint density at radius 3 is 2.24 bits per heavy atom. The third-order valence-electron chi connectivity index (χ3n) is 4.23. The molecule has 2 heteroatoms. The smallest absolute Gasteiger partial charge is 0.0476 e. The molecule has 0 aliphatic heterocycles. The zero-order valence-electron chi connectivity index (χ0n) is 12.4. The van der Waals surface area contributed by atoms with Gasteiger partial charge in [-0.1, -0.05) is 20.8 Å². The van der Waals surface area contributed by atoms with Gasteiger partial charge in [-0.25, -0.2) is 0 Å². The number of ether oxygens (including phenoxy) is 1. The summed E-state index contributed by atoms with van der Waals surface area (Å²) < 4.78 is 5.12. The first-order chi connectivity index (χ1) is 7.93. The van der Waals surface area contributed by atoms with E-state index in [0.717, 1.165) is 25.0 Å². The van der Waals surface area contributed by atoms with Crippen LogP contribution in [-0.4, -0.2) is 25.8 Å². The molecule has 0 heterocycles. The van der Waals surface area contributed by atoms with Crippen molar-refractivity contribution in [2.24, 2.45) is 11.3 Å². The summed E-state index contributed by atoms with van der Waals surface area (Å²) in [7, 11) is 1.78. The predicted octanol–water partition coefficient (Wildman–Crippen LogP) is 3.61. The monoisotopic (exact) mass is 241 g/mol. The molecular weight excluding hydrogens is 210 g/mol. The van der Waals surface area contributed by atoms with Gasteiger partial charge in [0.1, 0.15) is 0 Å². The molecule has 1 aliphatic carbocycles. The lowest BCUT2D eigenvalue weighted by molar-refractivity contribution is 0.149. The molecule has 0 bridgehead atoms. The fourth-order valence-electron chi connectivity index (χ4n) is 2.91. The Morgan fingerprint density at radius 2 is 1.76 bits per heavy atom. The van der Waals surface area contributed by atoms with Gasteiger partial charge in [0.05, 0.1) is 0 Å². The third kappa shape index (κ3) is 5.39. The van der Waals surface area contributed by atoms with Crippen LogP contribution in [-0.2, 0) is 4.74 Å². The lowest BCUT2D eigenvalue weighted by Gasteiger charge is -2.38. The van der Waals surface area contributed by atoms with Crippen LogP contribution in [0.5, 0.6) is 0 Å². The van der Waals surface area contributed by atoms with Gasteiger partial charge in [0.25, 0.3) is 0 Å². The number of hydrogen-bond acceptors (Lipinski definition) is 2. The van der Waals surface area contributed by atoms with Gasteiger partial charge in [0, 0.05) is 25.8 Å². The third-order valence-corrected chi connectivity index (χ3v) is 4.23. The molecule has 1 fully saturated rings. The highest BCUT2D eigenvalue weighted by Gasteiger charge is 2.29. The van der Waals surface area contributed by atoms with Crippen LogP contribution in [0.1, 0.15) is 59.8 Å². The largest absolute Gasteiger partial charge is 0.385 e. The van der Waals surface area contributed by atoms with Gasteiger partial charge >= 0.3 is 0 Å². The van der Waals surface area contributed by atoms with E-state index in [1.165, 1.54) is 25.7 Å². The Bertz CT molecular complexity index is 201. The first-order valence-corrected chi connectivity index (χ1v) is 7.18. The van der Waals surface area contributed by atoms with Crippen LogP contribution in [0.25, 0.3) is 0 Å². The van der Waals surface area contributed by atoms with Crippen molar-refractivity contribution in [1.82, 2.24) is 5.32 Å². The fourth-order valence-corrected chi connectivity index (χ4v) is 2.91. The van der Waals surface area contributed by atoms with E-state index in [2.05, 4.69) is 33.0 Å². The second kappa shape index (κ2) is 6.75. The maximum absolute atomic E-state index is 5.12. The van der Waals surface area contributed by atoms with Gasteiger partial charge in [-0.3, -0.25) is 0 Å². The molecule has 1 atom stereocenters. The minimum absolute atomic E-state index is 0.493. The van der Waals surface area contributed by atoms with E-state index in [0.29, 0.717) is 11.5 Å².